The summed E-state index contributed by atoms with van der Waals surface area (Å²) in [4.78, 5) is 34.5. The molecule has 168 valence electrons. The third kappa shape index (κ3) is 4.50. The quantitative estimate of drug-likeness (QED) is 0.642. The Hall–Kier alpha value is -3.26. The molecule has 1 N–H and O–H groups in total. The molecule has 0 spiro atoms. The van der Waals surface area contributed by atoms with Crippen LogP contribution in [0.25, 0.3) is 10.9 Å². The highest BCUT2D eigenvalue weighted by atomic mass is 19.1. The van der Waals surface area contributed by atoms with Crippen LogP contribution in [0.3, 0.4) is 0 Å². The molecule has 1 aliphatic heterocycles. The first-order valence-corrected chi connectivity index (χ1v) is 11.0. The fourth-order valence-electron chi connectivity index (χ4n) is 4.17. The summed E-state index contributed by atoms with van der Waals surface area (Å²) >= 11 is 0. The molecule has 1 aliphatic rings. The van der Waals surface area contributed by atoms with Gasteiger partial charge in [0, 0.05) is 57.1 Å². The lowest BCUT2D eigenvalue weighted by molar-refractivity contribution is 0.0632. The van der Waals surface area contributed by atoms with Crippen molar-refractivity contribution in [3.63, 3.8) is 0 Å². The topological polar surface area (TPSA) is 70.5 Å². The van der Waals surface area contributed by atoms with Gasteiger partial charge in [-0.3, -0.25) is 19.1 Å². The molecule has 7 nitrogen and oxygen atoms in total. The summed E-state index contributed by atoms with van der Waals surface area (Å²) in [6.07, 6.45) is 0. The van der Waals surface area contributed by atoms with Crippen LogP contribution < -0.4 is 10.9 Å². The number of nitrogens with one attached hydrogen (secondary N) is 1. The van der Waals surface area contributed by atoms with E-state index in [2.05, 4.69) is 15.2 Å². The normalized spacial score (nSPS) is 14.7. The Morgan fingerprint density at radius 1 is 1.06 bits per heavy atom. The second kappa shape index (κ2) is 9.48. The number of hydrogen-bond acceptors (Lipinski definition) is 5. The minimum absolute atomic E-state index is 0.0332. The van der Waals surface area contributed by atoms with Crippen molar-refractivity contribution in [3.8, 4) is 0 Å². The molecule has 3 aromatic rings. The molecule has 8 heteroatoms. The average molecular weight is 438 g/mol. The third-order valence-electron chi connectivity index (χ3n) is 5.93. The van der Waals surface area contributed by atoms with E-state index < -0.39 is 0 Å². The van der Waals surface area contributed by atoms with Gasteiger partial charge in [0.2, 0.25) is 0 Å². The van der Waals surface area contributed by atoms with Crippen molar-refractivity contribution in [2.24, 2.45) is 0 Å². The molecule has 0 radical (unpaired) electrons. The molecule has 1 saturated heterocycles. The molecule has 2 aromatic carbocycles. The fraction of sp³-hybridized carbons (Fsp3) is 0.375. The Bertz CT molecular complexity index is 1170. The Kier molecular flexibility index (Phi) is 6.50. The van der Waals surface area contributed by atoms with E-state index in [0.29, 0.717) is 48.5 Å². The lowest BCUT2D eigenvalue weighted by atomic mass is 10.1. The molecule has 1 fully saturated rings. The summed E-state index contributed by atoms with van der Waals surface area (Å²) in [5.41, 5.74) is 1.98. The van der Waals surface area contributed by atoms with Crippen LogP contribution in [0.4, 0.5) is 10.1 Å². The van der Waals surface area contributed by atoms with Gasteiger partial charge in [0.15, 0.2) is 0 Å². The first kappa shape index (κ1) is 22.0. The largest absolute Gasteiger partial charge is 0.385 e. The number of piperazine rings is 1. The highest BCUT2D eigenvalue weighted by Crippen LogP contribution is 2.19. The molecule has 0 bridgehead atoms. The fourth-order valence-corrected chi connectivity index (χ4v) is 4.17. The van der Waals surface area contributed by atoms with Gasteiger partial charge in [-0.1, -0.05) is 6.07 Å². The number of aromatic nitrogens is 2. The molecule has 4 rings (SSSR count). The van der Waals surface area contributed by atoms with Gasteiger partial charge < -0.3 is 10.2 Å². The molecule has 0 unspecified atom stereocenters. The van der Waals surface area contributed by atoms with Gasteiger partial charge in [-0.05, 0) is 50.2 Å². The van der Waals surface area contributed by atoms with Crippen LogP contribution in [0.1, 0.15) is 23.1 Å². The first-order chi connectivity index (χ1) is 15.5. The number of fused-ring (bicyclic) bond motifs is 1. The number of rotatable bonds is 6. The summed E-state index contributed by atoms with van der Waals surface area (Å²) in [5, 5.41) is 3.87. The predicted molar refractivity (Wildman–Crippen MR) is 124 cm³/mol. The number of aryl methyl sites for hydroxylation is 1. The van der Waals surface area contributed by atoms with Crippen LogP contribution in [0.15, 0.2) is 47.3 Å². The van der Waals surface area contributed by atoms with E-state index in [1.807, 2.05) is 32.0 Å². The van der Waals surface area contributed by atoms with E-state index >= 15 is 0 Å². The molecule has 0 saturated carbocycles. The number of benzene rings is 2. The maximum absolute atomic E-state index is 13.2. The number of amides is 1. The lowest BCUT2D eigenvalue weighted by Crippen LogP contribution is -2.49. The Balaban J connectivity index is 1.41. The van der Waals surface area contributed by atoms with Crippen LogP contribution in [0, 0.1) is 12.7 Å². The van der Waals surface area contributed by atoms with Gasteiger partial charge in [0.25, 0.3) is 11.5 Å². The standard InChI is InChI=1S/C24H28FN5O2/c1-3-26-20-5-4-6-21-22(20)24(32)30(17(2)27-21)16-13-28-11-14-29(15-12-28)23(31)18-7-9-19(25)10-8-18/h4-10,26H,3,11-16H2,1-2H3. The number of hydrogen-bond donors (Lipinski definition) is 1. The van der Waals surface area contributed by atoms with Gasteiger partial charge >= 0.3 is 0 Å². The van der Waals surface area contributed by atoms with Crippen molar-refractivity contribution in [2.75, 3.05) is 44.6 Å². The van der Waals surface area contributed by atoms with Crippen molar-refractivity contribution in [1.29, 1.82) is 0 Å². The van der Waals surface area contributed by atoms with Crippen LogP contribution in [0.5, 0.6) is 0 Å². The first-order valence-electron chi connectivity index (χ1n) is 11.0. The second-order valence-corrected chi connectivity index (χ2v) is 7.99. The summed E-state index contributed by atoms with van der Waals surface area (Å²) in [6, 6.07) is 11.3. The van der Waals surface area contributed by atoms with Gasteiger partial charge in [0.05, 0.1) is 10.9 Å². The SMILES string of the molecule is CCNc1cccc2nc(C)n(CCN3CCN(C(=O)c4ccc(F)cc4)CC3)c(=O)c12. The van der Waals surface area contributed by atoms with E-state index in [4.69, 9.17) is 0 Å². The second-order valence-electron chi connectivity index (χ2n) is 7.99. The zero-order valence-electron chi connectivity index (χ0n) is 18.5. The van der Waals surface area contributed by atoms with E-state index in [1.54, 1.807) is 9.47 Å². The Morgan fingerprint density at radius 2 is 1.78 bits per heavy atom. The molecule has 0 atom stereocenters. The Labute approximate surface area is 186 Å². The average Bonchev–Trinajstić information content (AvgIpc) is 2.79. The van der Waals surface area contributed by atoms with Crippen LogP contribution >= 0.6 is 0 Å². The van der Waals surface area contributed by atoms with E-state index in [9.17, 15) is 14.0 Å². The maximum atomic E-state index is 13.2. The van der Waals surface area contributed by atoms with Crippen molar-refractivity contribution >= 4 is 22.5 Å². The molecule has 32 heavy (non-hydrogen) atoms. The molecule has 0 aliphatic carbocycles. The lowest BCUT2D eigenvalue weighted by Gasteiger charge is -2.35. The van der Waals surface area contributed by atoms with Crippen molar-refractivity contribution in [3.05, 3.63) is 70.0 Å². The maximum Gasteiger partial charge on any atom is 0.263 e. The summed E-state index contributed by atoms with van der Waals surface area (Å²) in [6.45, 7) is 8.49. The van der Waals surface area contributed by atoms with Crippen molar-refractivity contribution < 1.29 is 9.18 Å². The predicted octanol–water partition coefficient (Wildman–Crippen LogP) is 2.73. The summed E-state index contributed by atoms with van der Waals surface area (Å²) in [5.74, 6) is 0.269. The van der Waals surface area contributed by atoms with E-state index in [1.165, 1.54) is 24.3 Å². The van der Waals surface area contributed by atoms with Crippen LogP contribution in [-0.2, 0) is 6.54 Å². The number of anilines is 1. The van der Waals surface area contributed by atoms with Crippen molar-refractivity contribution in [1.82, 2.24) is 19.4 Å². The highest BCUT2D eigenvalue weighted by Gasteiger charge is 2.22. The zero-order chi connectivity index (χ0) is 22.7. The van der Waals surface area contributed by atoms with Gasteiger partial charge in [-0.15, -0.1) is 0 Å². The number of carbonyl (C=O) groups excluding carboxylic acids is 1. The van der Waals surface area contributed by atoms with Gasteiger partial charge in [0.1, 0.15) is 11.6 Å². The highest BCUT2D eigenvalue weighted by molar-refractivity contribution is 5.94. The molecule has 1 aromatic heterocycles. The van der Waals surface area contributed by atoms with E-state index in [-0.39, 0.29) is 17.3 Å². The number of carbonyl (C=O) groups is 1. The van der Waals surface area contributed by atoms with Gasteiger partial charge in [-0.25, -0.2) is 9.37 Å². The van der Waals surface area contributed by atoms with Crippen LogP contribution in [-0.4, -0.2) is 64.5 Å². The zero-order valence-corrected chi connectivity index (χ0v) is 18.5. The molecule has 1 amide bonds. The molecular formula is C24H28FN5O2. The smallest absolute Gasteiger partial charge is 0.263 e. The minimum atomic E-state index is -0.349. The molecular weight excluding hydrogens is 409 g/mol. The number of nitrogens with zero attached hydrogens (tertiary/aromatic N) is 4. The summed E-state index contributed by atoms with van der Waals surface area (Å²) < 4.78 is 14.8. The minimum Gasteiger partial charge on any atom is -0.385 e. The van der Waals surface area contributed by atoms with E-state index in [0.717, 1.165) is 25.3 Å². The third-order valence-corrected chi connectivity index (χ3v) is 5.93. The Morgan fingerprint density at radius 3 is 2.47 bits per heavy atom. The van der Waals surface area contributed by atoms with Gasteiger partial charge in [-0.2, -0.15) is 0 Å². The van der Waals surface area contributed by atoms with Crippen molar-refractivity contribution in [2.45, 2.75) is 20.4 Å². The number of halogens is 1. The van der Waals surface area contributed by atoms with Crippen LogP contribution in [0.2, 0.25) is 0 Å². The molecule has 2 heterocycles. The monoisotopic (exact) mass is 437 g/mol. The summed E-state index contributed by atoms with van der Waals surface area (Å²) in [7, 11) is 0.